The molecule has 0 spiro atoms. The second-order valence-corrected chi connectivity index (χ2v) is 5.10. The lowest BCUT2D eigenvalue weighted by molar-refractivity contribution is 0.0951. The second-order valence-electron chi connectivity index (χ2n) is 4.26. The topological polar surface area (TPSA) is 49.3 Å². The number of phenolic OH excluding ortho intramolecular Hbond substituents is 1. The molecule has 0 unspecified atom stereocenters. The van der Waals surface area contributed by atoms with E-state index in [0.717, 1.165) is 5.56 Å². The Hall–Kier alpha value is -1.71. The number of carbonyl (C=O) groups excluding carboxylic acids is 1. The van der Waals surface area contributed by atoms with Crippen LogP contribution < -0.4 is 5.32 Å². The Labute approximate surface area is 127 Å². The van der Waals surface area contributed by atoms with E-state index in [4.69, 9.17) is 23.2 Å². The van der Waals surface area contributed by atoms with E-state index in [2.05, 4.69) is 5.32 Å². The van der Waals surface area contributed by atoms with Crippen molar-refractivity contribution in [2.75, 3.05) is 6.54 Å². The molecule has 104 valence electrons. The molecule has 0 fully saturated rings. The Balaban J connectivity index is 1.93. The van der Waals surface area contributed by atoms with E-state index in [-0.39, 0.29) is 17.2 Å². The summed E-state index contributed by atoms with van der Waals surface area (Å²) in [6.45, 7) is 0.425. The number of para-hydroxylation sites is 1. The number of rotatable bonds is 4. The molecule has 2 aromatic carbocycles. The summed E-state index contributed by atoms with van der Waals surface area (Å²) in [5, 5.41) is 13.5. The zero-order valence-corrected chi connectivity index (χ0v) is 12.1. The van der Waals surface area contributed by atoms with E-state index in [1.807, 2.05) is 6.07 Å². The summed E-state index contributed by atoms with van der Waals surface area (Å²) < 4.78 is 0. The van der Waals surface area contributed by atoms with Crippen LogP contribution in [0.15, 0.2) is 42.5 Å². The normalized spacial score (nSPS) is 10.3. The van der Waals surface area contributed by atoms with Gasteiger partial charge in [-0.3, -0.25) is 4.79 Å². The van der Waals surface area contributed by atoms with Crippen LogP contribution in [0.4, 0.5) is 0 Å². The number of hydrogen-bond donors (Lipinski definition) is 2. The first-order valence-electron chi connectivity index (χ1n) is 6.08. The van der Waals surface area contributed by atoms with Gasteiger partial charge in [0.2, 0.25) is 0 Å². The van der Waals surface area contributed by atoms with Crippen LogP contribution in [-0.4, -0.2) is 17.6 Å². The van der Waals surface area contributed by atoms with Crippen molar-refractivity contribution >= 4 is 29.1 Å². The summed E-state index contributed by atoms with van der Waals surface area (Å²) in [6.07, 6.45) is 0.593. The molecule has 2 aromatic rings. The molecule has 2 N–H and O–H groups in total. The molecule has 5 heteroatoms. The number of hydrogen-bond acceptors (Lipinski definition) is 2. The van der Waals surface area contributed by atoms with Crippen molar-refractivity contribution in [3.05, 3.63) is 63.6 Å². The Morgan fingerprint density at radius 1 is 1.15 bits per heavy atom. The highest BCUT2D eigenvalue weighted by Crippen LogP contribution is 2.21. The first-order valence-corrected chi connectivity index (χ1v) is 6.83. The molecule has 0 heterocycles. The molecule has 20 heavy (non-hydrogen) atoms. The minimum Gasteiger partial charge on any atom is -0.507 e. The van der Waals surface area contributed by atoms with E-state index < -0.39 is 0 Å². The van der Waals surface area contributed by atoms with Gasteiger partial charge in [-0.05, 0) is 36.2 Å². The van der Waals surface area contributed by atoms with Crippen molar-refractivity contribution in [3.63, 3.8) is 0 Å². The van der Waals surface area contributed by atoms with Crippen LogP contribution in [0.5, 0.6) is 5.75 Å². The monoisotopic (exact) mass is 309 g/mol. The van der Waals surface area contributed by atoms with Crippen molar-refractivity contribution in [1.82, 2.24) is 5.32 Å². The van der Waals surface area contributed by atoms with E-state index in [9.17, 15) is 9.90 Å². The molecule has 0 saturated carbocycles. The van der Waals surface area contributed by atoms with Crippen LogP contribution in [0.2, 0.25) is 10.0 Å². The van der Waals surface area contributed by atoms with Crippen molar-refractivity contribution < 1.29 is 9.90 Å². The highest BCUT2D eigenvalue weighted by molar-refractivity contribution is 6.35. The maximum Gasteiger partial charge on any atom is 0.255 e. The van der Waals surface area contributed by atoms with Crippen LogP contribution in [-0.2, 0) is 6.42 Å². The van der Waals surface area contributed by atoms with Gasteiger partial charge < -0.3 is 10.4 Å². The lowest BCUT2D eigenvalue weighted by Gasteiger charge is -2.08. The summed E-state index contributed by atoms with van der Waals surface area (Å²) in [4.78, 5) is 11.9. The minimum absolute atomic E-state index is 0.0328. The molecule has 2 rings (SSSR count). The molecule has 0 saturated heterocycles. The third-order valence-electron chi connectivity index (χ3n) is 2.84. The number of phenols is 1. The molecule has 0 atom stereocenters. The summed E-state index contributed by atoms with van der Waals surface area (Å²) in [5.41, 5.74) is 1.17. The Bertz CT molecular complexity index is 629. The first kappa shape index (κ1) is 14.7. The van der Waals surface area contributed by atoms with E-state index >= 15 is 0 Å². The number of halogens is 2. The Kier molecular flexibility index (Phi) is 4.88. The zero-order chi connectivity index (χ0) is 14.5. The molecular weight excluding hydrogens is 297 g/mol. The number of nitrogens with one attached hydrogen (secondary N) is 1. The van der Waals surface area contributed by atoms with Gasteiger partial charge in [0.25, 0.3) is 5.91 Å². The van der Waals surface area contributed by atoms with Gasteiger partial charge in [-0.1, -0.05) is 41.4 Å². The van der Waals surface area contributed by atoms with Crippen LogP contribution in [0.1, 0.15) is 15.9 Å². The minimum atomic E-state index is -0.312. The van der Waals surface area contributed by atoms with Gasteiger partial charge in [0.1, 0.15) is 5.75 Å². The fraction of sp³-hybridized carbons (Fsp3) is 0.133. The van der Waals surface area contributed by atoms with E-state index in [1.54, 1.807) is 30.3 Å². The first-order chi connectivity index (χ1) is 9.58. The van der Waals surface area contributed by atoms with Crippen LogP contribution in [0, 0.1) is 0 Å². The van der Waals surface area contributed by atoms with Gasteiger partial charge in [0, 0.05) is 16.6 Å². The smallest absolute Gasteiger partial charge is 0.255 e. The van der Waals surface area contributed by atoms with Gasteiger partial charge >= 0.3 is 0 Å². The lowest BCUT2D eigenvalue weighted by Crippen LogP contribution is -2.25. The standard InChI is InChI=1S/C15H13Cl2NO2/c16-11-6-5-10(13(17)9-11)7-8-18-15(20)12-3-1-2-4-14(12)19/h1-6,9,19H,7-8H2,(H,18,20). The third-order valence-corrected chi connectivity index (χ3v) is 3.43. The molecular formula is C15H13Cl2NO2. The maximum absolute atomic E-state index is 11.9. The molecule has 3 nitrogen and oxygen atoms in total. The average Bonchev–Trinajstić information content (AvgIpc) is 2.41. The SMILES string of the molecule is O=C(NCCc1ccc(Cl)cc1Cl)c1ccccc1O. The number of aromatic hydroxyl groups is 1. The third kappa shape index (κ3) is 3.65. The number of amides is 1. The quantitative estimate of drug-likeness (QED) is 0.905. The Morgan fingerprint density at radius 3 is 2.60 bits per heavy atom. The van der Waals surface area contributed by atoms with E-state index in [0.29, 0.717) is 23.0 Å². The molecule has 0 aromatic heterocycles. The van der Waals surface area contributed by atoms with Gasteiger partial charge in [0.05, 0.1) is 5.56 Å². The van der Waals surface area contributed by atoms with Crippen molar-refractivity contribution in [2.24, 2.45) is 0 Å². The lowest BCUT2D eigenvalue weighted by atomic mass is 10.1. The second kappa shape index (κ2) is 6.64. The van der Waals surface area contributed by atoms with Gasteiger partial charge in [-0.15, -0.1) is 0 Å². The maximum atomic E-state index is 11.9. The number of carbonyl (C=O) groups is 1. The predicted molar refractivity (Wildman–Crippen MR) is 80.6 cm³/mol. The fourth-order valence-corrected chi connectivity index (χ4v) is 2.30. The molecule has 0 radical (unpaired) electrons. The summed E-state index contributed by atoms with van der Waals surface area (Å²) in [6, 6.07) is 11.7. The number of benzene rings is 2. The zero-order valence-electron chi connectivity index (χ0n) is 10.6. The Morgan fingerprint density at radius 2 is 1.90 bits per heavy atom. The molecule has 0 aliphatic rings. The highest BCUT2D eigenvalue weighted by atomic mass is 35.5. The van der Waals surface area contributed by atoms with Gasteiger partial charge in [-0.25, -0.2) is 0 Å². The average molecular weight is 310 g/mol. The van der Waals surface area contributed by atoms with Gasteiger partial charge in [-0.2, -0.15) is 0 Å². The largest absolute Gasteiger partial charge is 0.507 e. The van der Waals surface area contributed by atoms with Crippen molar-refractivity contribution in [3.8, 4) is 5.75 Å². The highest BCUT2D eigenvalue weighted by Gasteiger charge is 2.09. The summed E-state index contributed by atoms with van der Waals surface area (Å²) in [7, 11) is 0. The molecule has 1 amide bonds. The van der Waals surface area contributed by atoms with Crippen LogP contribution in [0.25, 0.3) is 0 Å². The predicted octanol–water partition coefficient (Wildman–Crippen LogP) is 3.67. The van der Waals surface area contributed by atoms with Crippen molar-refractivity contribution in [1.29, 1.82) is 0 Å². The van der Waals surface area contributed by atoms with Crippen molar-refractivity contribution in [2.45, 2.75) is 6.42 Å². The van der Waals surface area contributed by atoms with Crippen LogP contribution in [0.3, 0.4) is 0 Å². The summed E-state index contributed by atoms with van der Waals surface area (Å²) >= 11 is 11.9. The fourth-order valence-electron chi connectivity index (χ4n) is 1.80. The summed E-state index contributed by atoms with van der Waals surface area (Å²) in [5.74, 6) is -0.345. The van der Waals surface area contributed by atoms with E-state index in [1.165, 1.54) is 6.07 Å². The molecule has 0 aliphatic carbocycles. The molecule has 0 aliphatic heterocycles. The van der Waals surface area contributed by atoms with Gasteiger partial charge in [0.15, 0.2) is 0 Å². The molecule has 0 bridgehead atoms. The van der Waals surface area contributed by atoms with Crippen LogP contribution >= 0.6 is 23.2 Å².